The van der Waals surface area contributed by atoms with Gasteiger partial charge >= 0.3 is 0 Å². The lowest BCUT2D eigenvalue weighted by Crippen LogP contribution is -2.51. The van der Waals surface area contributed by atoms with Crippen LogP contribution in [0, 0.1) is 10.8 Å². The van der Waals surface area contributed by atoms with Crippen LogP contribution in [0.5, 0.6) is 0 Å². The van der Waals surface area contributed by atoms with Crippen LogP contribution in [0.3, 0.4) is 0 Å². The predicted octanol–water partition coefficient (Wildman–Crippen LogP) is 2.76. The lowest BCUT2D eigenvalue weighted by Gasteiger charge is -2.49. The Balaban J connectivity index is 3.36. The standard InChI is InChI=1S/C16H22N2O3/c1-12(2)13(21)16(18-11-20)7-14(3,4)6-15(5,8-16)9-17-10-19/h1,6-9H2,2-5H3. The second-order valence-electron chi connectivity index (χ2n) is 7.26. The van der Waals surface area contributed by atoms with Crippen LogP contribution in [0.2, 0.25) is 0 Å². The normalized spacial score (nSPS) is 30.7. The minimum absolute atomic E-state index is 0.211. The summed E-state index contributed by atoms with van der Waals surface area (Å²) in [6, 6.07) is 0. The molecule has 1 aliphatic carbocycles. The summed E-state index contributed by atoms with van der Waals surface area (Å²) in [5.41, 5.74) is -1.39. The van der Waals surface area contributed by atoms with Crippen molar-refractivity contribution in [1.82, 2.24) is 0 Å². The van der Waals surface area contributed by atoms with Gasteiger partial charge in [-0.3, -0.25) is 4.79 Å². The number of nitrogens with zero attached hydrogens (tertiary/aromatic N) is 2. The Bertz CT molecular complexity index is 554. The van der Waals surface area contributed by atoms with Gasteiger partial charge in [0.15, 0.2) is 5.78 Å². The third-order valence-corrected chi connectivity index (χ3v) is 3.99. The molecule has 2 unspecified atom stereocenters. The van der Waals surface area contributed by atoms with E-state index in [9.17, 15) is 14.4 Å². The monoisotopic (exact) mass is 290 g/mol. The molecule has 0 N–H and O–H groups in total. The number of carbonyl (C=O) groups is 1. The van der Waals surface area contributed by atoms with Crippen molar-refractivity contribution in [3.05, 3.63) is 12.2 Å². The van der Waals surface area contributed by atoms with E-state index in [1.807, 2.05) is 20.8 Å². The number of carbonyl (C=O) groups excluding carboxylic acids is 3. The lowest BCUT2D eigenvalue weighted by molar-refractivity contribution is -0.125. The quantitative estimate of drug-likeness (QED) is 0.444. The van der Waals surface area contributed by atoms with E-state index < -0.39 is 11.0 Å². The molecule has 0 aromatic rings. The molecule has 0 aromatic heterocycles. The Kier molecular flexibility index (Phi) is 4.83. The van der Waals surface area contributed by atoms with E-state index in [4.69, 9.17) is 0 Å². The number of rotatable bonds is 5. The molecule has 114 valence electrons. The largest absolute Gasteiger partial charge is 0.292 e. The number of isocyanates is 2. The molecule has 1 saturated carbocycles. The fourth-order valence-corrected chi connectivity index (χ4v) is 3.95. The molecular formula is C16H22N2O3. The van der Waals surface area contributed by atoms with Crippen molar-refractivity contribution < 1.29 is 14.4 Å². The van der Waals surface area contributed by atoms with E-state index in [0.717, 1.165) is 6.42 Å². The molecule has 0 aliphatic heterocycles. The summed E-state index contributed by atoms with van der Waals surface area (Å²) in [4.78, 5) is 41.4. The van der Waals surface area contributed by atoms with Crippen molar-refractivity contribution >= 4 is 17.9 Å². The van der Waals surface area contributed by atoms with Crippen LogP contribution in [0.1, 0.15) is 47.0 Å². The molecule has 0 amide bonds. The van der Waals surface area contributed by atoms with Gasteiger partial charge in [0, 0.05) is 0 Å². The topological polar surface area (TPSA) is 75.9 Å². The SMILES string of the molecule is C=C(C)C(=O)C1(N=C=O)CC(C)(C)CC(C)(CN=C=O)C1. The zero-order valence-electron chi connectivity index (χ0n) is 13.2. The van der Waals surface area contributed by atoms with Crippen molar-refractivity contribution in [2.75, 3.05) is 6.54 Å². The van der Waals surface area contributed by atoms with Crippen molar-refractivity contribution in [3.63, 3.8) is 0 Å². The van der Waals surface area contributed by atoms with E-state index in [-0.39, 0.29) is 17.7 Å². The van der Waals surface area contributed by atoms with Crippen LogP contribution in [0.25, 0.3) is 0 Å². The minimum atomic E-state index is -1.15. The van der Waals surface area contributed by atoms with Gasteiger partial charge in [0.05, 0.1) is 6.54 Å². The average Bonchev–Trinajstić information content (AvgIpc) is 2.33. The van der Waals surface area contributed by atoms with Gasteiger partial charge < -0.3 is 0 Å². The molecule has 21 heavy (non-hydrogen) atoms. The number of Topliss-reactive ketones (excluding diaryl/α,β-unsaturated/α-hetero) is 1. The maximum Gasteiger partial charge on any atom is 0.235 e. The van der Waals surface area contributed by atoms with Crippen LogP contribution in [0.15, 0.2) is 22.1 Å². The zero-order valence-corrected chi connectivity index (χ0v) is 13.2. The van der Waals surface area contributed by atoms with E-state index in [1.54, 1.807) is 19.1 Å². The predicted molar refractivity (Wildman–Crippen MR) is 79.4 cm³/mol. The number of ketones is 1. The molecule has 0 bridgehead atoms. The third kappa shape index (κ3) is 3.84. The summed E-state index contributed by atoms with van der Waals surface area (Å²) in [6.45, 7) is 11.6. The van der Waals surface area contributed by atoms with Gasteiger partial charge in [-0.15, -0.1) is 0 Å². The molecule has 1 fully saturated rings. The highest BCUT2D eigenvalue weighted by Crippen LogP contribution is 2.52. The van der Waals surface area contributed by atoms with Crippen molar-refractivity contribution in [2.45, 2.75) is 52.5 Å². The van der Waals surface area contributed by atoms with E-state index in [2.05, 4.69) is 16.6 Å². The Labute approximate surface area is 125 Å². The minimum Gasteiger partial charge on any atom is -0.292 e. The van der Waals surface area contributed by atoms with Crippen LogP contribution in [0.4, 0.5) is 0 Å². The molecule has 1 aliphatic rings. The summed E-state index contributed by atoms with van der Waals surface area (Å²) >= 11 is 0. The summed E-state index contributed by atoms with van der Waals surface area (Å²) < 4.78 is 0. The first-order valence-corrected chi connectivity index (χ1v) is 6.93. The zero-order chi connectivity index (χ0) is 16.3. The highest BCUT2D eigenvalue weighted by atomic mass is 16.1. The Morgan fingerprint density at radius 2 is 1.76 bits per heavy atom. The first kappa shape index (κ1) is 17.2. The van der Waals surface area contributed by atoms with Gasteiger partial charge in [-0.05, 0) is 42.6 Å². The molecule has 5 nitrogen and oxygen atoms in total. The fraction of sp³-hybridized carbons (Fsp3) is 0.688. The van der Waals surface area contributed by atoms with Crippen LogP contribution in [-0.2, 0) is 14.4 Å². The summed E-state index contributed by atoms with van der Waals surface area (Å²) in [5, 5.41) is 0. The van der Waals surface area contributed by atoms with Crippen LogP contribution < -0.4 is 0 Å². The van der Waals surface area contributed by atoms with Gasteiger partial charge in [-0.1, -0.05) is 27.4 Å². The lowest BCUT2D eigenvalue weighted by atomic mass is 9.56. The Morgan fingerprint density at radius 1 is 1.14 bits per heavy atom. The van der Waals surface area contributed by atoms with Gasteiger partial charge in [0.2, 0.25) is 12.2 Å². The van der Waals surface area contributed by atoms with E-state index in [1.165, 1.54) is 0 Å². The van der Waals surface area contributed by atoms with Gasteiger partial charge in [0.25, 0.3) is 0 Å². The smallest absolute Gasteiger partial charge is 0.235 e. The van der Waals surface area contributed by atoms with Crippen molar-refractivity contribution in [1.29, 1.82) is 0 Å². The number of hydrogen-bond donors (Lipinski definition) is 0. The molecule has 5 heteroatoms. The maximum atomic E-state index is 12.6. The van der Waals surface area contributed by atoms with Gasteiger partial charge in [-0.2, -0.15) is 4.99 Å². The van der Waals surface area contributed by atoms with Crippen molar-refractivity contribution in [3.8, 4) is 0 Å². The molecule has 2 atom stereocenters. The van der Waals surface area contributed by atoms with Gasteiger partial charge in [-0.25, -0.2) is 14.6 Å². The Hall–Kier alpha value is -1.83. The highest BCUT2D eigenvalue weighted by Gasteiger charge is 2.53. The first-order chi connectivity index (χ1) is 9.60. The average molecular weight is 290 g/mol. The third-order valence-electron chi connectivity index (χ3n) is 3.99. The molecule has 0 heterocycles. The summed E-state index contributed by atoms with van der Waals surface area (Å²) in [6.07, 6.45) is 4.69. The van der Waals surface area contributed by atoms with Crippen LogP contribution in [-0.4, -0.2) is 30.0 Å². The summed E-state index contributed by atoms with van der Waals surface area (Å²) in [7, 11) is 0. The second kappa shape index (κ2) is 5.88. The van der Waals surface area contributed by atoms with Gasteiger partial charge in [0.1, 0.15) is 5.54 Å². The fourth-order valence-electron chi connectivity index (χ4n) is 3.95. The van der Waals surface area contributed by atoms with E-state index in [0.29, 0.717) is 18.4 Å². The van der Waals surface area contributed by atoms with E-state index >= 15 is 0 Å². The molecule has 1 rings (SSSR count). The molecule has 0 saturated heterocycles. The molecule has 0 radical (unpaired) electrons. The number of aliphatic imine (C=N–C) groups is 2. The van der Waals surface area contributed by atoms with Crippen molar-refractivity contribution in [2.24, 2.45) is 20.8 Å². The molecule has 0 spiro atoms. The molecular weight excluding hydrogens is 268 g/mol. The Morgan fingerprint density at radius 3 is 2.24 bits per heavy atom. The highest BCUT2D eigenvalue weighted by molar-refractivity contribution is 6.02. The summed E-state index contributed by atoms with van der Waals surface area (Å²) in [5.74, 6) is -0.236. The molecule has 0 aromatic carbocycles. The van der Waals surface area contributed by atoms with Crippen LogP contribution >= 0.6 is 0 Å². The second-order valence-corrected chi connectivity index (χ2v) is 7.26. The number of hydrogen-bond acceptors (Lipinski definition) is 5. The first-order valence-electron chi connectivity index (χ1n) is 6.93. The maximum absolute atomic E-state index is 12.6.